The molecule has 1 heterocycles. The van der Waals surface area contributed by atoms with Crippen LogP contribution >= 0.6 is 22.9 Å². The molecule has 30 heavy (non-hydrogen) atoms. The molecule has 0 atom stereocenters. The standard InChI is InChI=1S/C21H18ClN3O4S/c1-2-28-19(26)11-17-13-30-21(24-17)25-23-12-14-3-9-18(10-4-14)29-20(27)15-5-7-16(22)8-6-15/h3-10,12-13H,2,11H2,1H3,(H,24,25). The van der Waals surface area contributed by atoms with Crippen molar-refractivity contribution in [2.45, 2.75) is 13.3 Å². The average Bonchev–Trinajstić information content (AvgIpc) is 3.17. The van der Waals surface area contributed by atoms with Gasteiger partial charge in [-0.25, -0.2) is 9.78 Å². The van der Waals surface area contributed by atoms with Crippen molar-refractivity contribution >= 4 is 46.2 Å². The Morgan fingerprint density at radius 2 is 1.90 bits per heavy atom. The predicted octanol–water partition coefficient (Wildman–Crippen LogP) is 4.57. The molecule has 0 fully saturated rings. The van der Waals surface area contributed by atoms with Crippen molar-refractivity contribution in [3.8, 4) is 5.75 Å². The van der Waals surface area contributed by atoms with E-state index in [4.69, 9.17) is 21.1 Å². The second kappa shape index (κ2) is 10.5. The van der Waals surface area contributed by atoms with Gasteiger partial charge in [0.2, 0.25) is 5.13 Å². The fraction of sp³-hybridized carbons (Fsp3) is 0.143. The molecule has 0 radical (unpaired) electrons. The summed E-state index contributed by atoms with van der Waals surface area (Å²) < 4.78 is 10.2. The second-order valence-corrected chi connectivity index (χ2v) is 7.26. The van der Waals surface area contributed by atoms with Crippen molar-refractivity contribution in [1.82, 2.24) is 4.98 Å². The zero-order valence-corrected chi connectivity index (χ0v) is 17.6. The molecular weight excluding hydrogens is 426 g/mol. The summed E-state index contributed by atoms with van der Waals surface area (Å²) in [4.78, 5) is 27.8. The van der Waals surface area contributed by atoms with Gasteiger partial charge in [-0.1, -0.05) is 11.6 Å². The van der Waals surface area contributed by atoms with Crippen molar-refractivity contribution in [1.29, 1.82) is 0 Å². The number of carbonyl (C=O) groups excluding carboxylic acids is 2. The third-order valence-corrected chi connectivity index (χ3v) is 4.77. The van der Waals surface area contributed by atoms with E-state index in [1.54, 1.807) is 67.0 Å². The Morgan fingerprint density at radius 3 is 2.60 bits per heavy atom. The van der Waals surface area contributed by atoms with Gasteiger partial charge < -0.3 is 9.47 Å². The summed E-state index contributed by atoms with van der Waals surface area (Å²) in [5.74, 6) is -0.351. The zero-order valence-electron chi connectivity index (χ0n) is 16.0. The summed E-state index contributed by atoms with van der Waals surface area (Å²) in [5.41, 5.74) is 4.67. The summed E-state index contributed by atoms with van der Waals surface area (Å²) >= 11 is 7.16. The largest absolute Gasteiger partial charge is 0.466 e. The summed E-state index contributed by atoms with van der Waals surface area (Å²) in [6.45, 7) is 2.11. The number of nitrogens with one attached hydrogen (secondary N) is 1. The van der Waals surface area contributed by atoms with Crippen molar-refractivity contribution in [3.05, 3.63) is 75.8 Å². The molecule has 0 aliphatic rings. The third-order valence-electron chi connectivity index (χ3n) is 3.73. The summed E-state index contributed by atoms with van der Waals surface area (Å²) in [6, 6.07) is 13.4. The second-order valence-electron chi connectivity index (χ2n) is 5.96. The van der Waals surface area contributed by atoms with Gasteiger partial charge in [0, 0.05) is 10.4 Å². The van der Waals surface area contributed by atoms with Gasteiger partial charge in [0.25, 0.3) is 0 Å². The first-order valence-electron chi connectivity index (χ1n) is 9.00. The quantitative estimate of drug-likeness (QED) is 0.237. The van der Waals surface area contributed by atoms with Crippen LogP contribution in [0.5, 0.6) is 5.75 Å². The Kier molecular flexibility index (Phi) is 7.53. The molecule has 0 spiro atoms. The highest BCUT2D eigenvalue weighted by Gasteiger charge is 2.09. The predicted molar refractivity (Wildman–Crippen MR) is 117 cm³/mol. The molecule has 0 unspecified atom stereocenters. The van der Waals surface area contributed by atoms with Crippen molar-refractivity contribution in [2.75, 3.05) is 12.0 Å². The summed E-state index contributed by atoms with van der Waals surface area (Å²) in [6.07, 6.45) is 1.74. The molecule has 154 valence electrons. The SMILES string of the molecule is CCOC(=O)Cc1csc(NN=Cc2ccc(OC(=O)c3ccc(Cl)cc3)cc2)n1. The smallest absolute Gasteiger partial charge is 0.343 e. The van der Waals surface area contributed by atoms with Gasteiger partial charge in [0.05, 0.1) is 30.5 Å². The molecule has 1 N–H and O–H groups in total. The van der Waals surface area contributed by atoms with Crippen LogP contribution in [0, 0.1) is 0 Å². The minimum atomic E-state index is -0.461. The maximum absolute atomic E-state index is 12.1. The number of hydrazone groups is 1. The molecule has 3 rings (SSSR count). The fourth-order valence-electron chi connectivity index (χ4n) is 2.34. The number of esters is 2. The number of ether oxygens (including phenoxy) is 2. The highest BCUT2D eigenvalue weighted by molar-refractivity contribution is 7.13. The van der Waals surface area contributed by atoms with Gasteiger partial charge >= 0.3 is 11.9 Å². The molecule has 1 aromatic heterocycles. The monoisotopic (exact) mass is 443 g/mol. The lowest BCUT2D eigenvalue weighted by atomic mass is 10.2. The van der Waals surface area contributed by atoms with E-state index in [-0.39, 0.29) is 12.4 Å². The number of aromatic nitrogens is 1. The maximum Gasteiger partial charge on any atom is 0.343 e. The van der Waals surface area contributed by atoms with E-state index in [0.29, 0.717) is 33.8 Å². The van der Waals surface area contributed by atoms with E-state index in [9.17, 15) is 9.59 Å². The topological polar surface area (TPSA) is 89.9 Å². The van der Waals surface area contributed by atoms with Crippen LogP contribution in [0.3, 0.4) is 0 Å². The number of rotatable bonds is 8. The van der Waals surface area contributed by atoms with Crippen LogP contribution in [0.1, 0.15) is 28.5 Å². The number of halogens is 1. The molecule has 0 saturated carbocycles. The lowest BCUT2D eigenvalue weighted by Gasteiger charge is -2.04. The Morgan fingerprint density at radius 1 is 1.17 bits per heavy atom. The molecule has 0 amide bonds. The first kappa shape index (κ1) is 21.5. The number of hydrogen-bond donors (Lipinski definition) is 1. The molecule has 0 bridgehead atoms. The molecular formula is C21H18ClN3O4S. The van der Waals surface area contributed by atoms with Crippen molar-refractivity contribution in [3.63, 3.8) is 0 Å². The fourth-order valence-corrected chi connectivity index (χ4v) is 3.12. The first-order chi connectivity index (χ1) is 14.5. The van der Waals surface area contributed by atoms with E-state index >= 15 is 0 Å². The van der Waals surface area contributed by atoms with Crippen LogP contribution in [-0.4, -0.2) is 29.7 Å². The van der Waals surface area contributed by atoms with E-state index in [1.807, 2.05) is 0 Å². The molecule has 0 aliphatic carbocycles. The van der Waals surface area contributed by atoms with E-state index in [1.165, 1.54) is 11.3 Å². The number of benzene rings is 2. The molecule has 9 heteroatoms. The highest BCUT2D eigenvalue weighted by Crippen LogP contribution is 2.17. The Balaban J connectivity index is 1.51. The van der Waals surface area contributed by atoms with Crippen LogP contribution in [0.2, 0.25) is 5.02 Å². The van der Waals surface area contributed by atoms with Gasteiger partial charge in [0.15, 0.2) is 0 Å². The molecule has 7 nitrogen and oxygen atoms in total. The van der Waals surface area contributed by atoms with Crippen LogP contribution in [0.25, 0.3) is 0 Å². The number of nitrogens with zero attached hydrogens (tertiary/aromatic N) is 2. The van der Waals surface area contributed by atoms with Crippen LogP contribution in [0.15, 0.2) is 59.0 Å². The van der Waals surface area contributed by atoms with Gasteiger partial charge in [0.1, 0.15) is 5.75 Å². The van der Waals surface area contributed by atoms with E-state index in [2.05, 4.69) is 15.5 Å². The van der Waals surface area contributed by atoms with Crippen molar-refractivity contribution < 1.29 is 19.1 Å². The minimum absolute atomic E-state index is 0.131. The van der Waals surface area contributed by atoms with Gasteiger partial charge in [-0.3, -0.25) is 10.2 Å². The van der Waals surface area contributed by atoms with Crippen LogP contribution in [0.4, 0.5) is 5.13 Å². The first-order valence-corrected chi connectivity index (χ1v) is 10.3. The minimum Gasteiger partial charge on any atom is -0.466 e. The number of carbonyl (C=O) groups is 2. The third kappa shape index (κ3) is 6.40. The molecule has 3 aromatic rings. The average molecular weight is 444 g/mol. The van der Waals surface area contributed by atoms with Gasteiger partial charge in [-0.15, -0.1) is 11.3 Å². The maximum atomic E-state index is 12.1. The lowest BCUT2D eigenvalue weighted by Crippen LogP contribution is -2.08. The Bertz CT molecular complexity index is 1030. The van der Waals surface area contributed by atoms with Crippen LogP contribution < -0.4 is 10.2 Å². The molecule has 2 aromatic carbocycles. The summed E-state index contributed by atoms with van der Waals surface area (Å²) in [7, 11) is 0. The van der Waals surface area contributed by atoms with Gasteiger partial charge in [-0.05, 0) is 61.0 Å². The lowest BCUT2D eigenvalue weighted by molar-refractivity contribution is -0.142. The Labute approximate surface area is 182 Å². The number of thiazole rings is 1. The highest BCUT2D eigenvalue weighted by atomic mass is 35.5. The van der Waals surface area contributed by atoms with Crippen molar-refractivity contribution in [2.24, 2.45) is 5.10 Å². The summed E-state index contributed by atoms with van der Waals surface area (Å²) in [5, 5.41) is 7.02. The number of anilines is 1. The van der Waals surface area contributed by atoms with Crippen LogP contribution in [-0.2, 0) is 16.0 Å². The van der Waals surface area contributed by atoms with E-state index < -0.39 is 5.97 Å². The van der Waals surface area contributed by atoms with E-state index in [0.717, 1.165) is 5.56 Å². The number of hydrogen-bond acceptors (Lipinski definition) is 8. The van der Waals surface area contributed by atoms with Gasteiger partial charge in [-0.2, -0.15) is 5.10 Å². The molecule has 0 saturated heterocycles. The molecule has 0 aliphatic heterocycles. The zero-order chi connectivity index (χ0) is 21.3. The Hall–Kier alpha value is -3.23. The normalized spacial score (nSPS) is 10.7.